The Kier molecular flexibility index (Phi) is 6.81. The summed E-state index contributed by atoms with van der Waals surface area (Å²) in [4.78, 5) is 0. The lowest BCUT2D eigenvalue weighted by atomic mass is 10.1. The molecular formula is C14H24N2O3S. The third-order valence-electron chi connectivity index (χ3n) is 2.81. The van der Waals surface area contributed by atoms with Crippen LogP contribution < -0.4 is 15.2 Å². The predicted molar refractivity (Wildman–Crippen MR) is 82.2 cm³/mol. The van der Waals surface area contributed by atoms with Crippen LogP contribution in [0, 0.1) is 5.92 Å². The average Bonchev–Trinajstić information content (AvgIpc) is 2.37. The van der Waals surface area contributed by atoms with Crippen LogP contribution >= 0.6 is 0 Å². The van der Waals surface area contributed by atoms with Crippen LogP contribution in [0.25, 0.3) is 0 Å². The number of para-hydroxylation sites is 2. The Balaban J connectivity index is 2.28. The zero-order valence-electron chi connectivity index (χ0n) is 12.1. The van der Waals surface area contributed by atoms with Crippen LogP contribution in [0.15, 0.2) is 24.3 Å². The summed E-state index contributed by atoms with van der Waals surface area (Å²) in [7, 11) is -3.28. The Morgan fingerprint density at radius 1 is 1.30 bits per heavy atom. The Morgan fingerprint density at radius 3 is 2.65 bits per heavy atom. The first-order valence-corrected chi connectivity index (χ1v) is 8.50. The monoisotopic (exact) mass is 300 g/mol. The third-order valence-corrected chi connectivity index (χ3v) is 4.16. The van der Waals surface area contributed by atoms with E-state index in [0.29, 0.717) is 23.9 Å². The van der Waals surface area contributed by atoms with E-state index in [2.05, 4.69) is 18.6 Å². The van der Waals surface area contributed by atoms with Gasteiger partial charge in [-0.2, -0.15) is 0 Å². The number of sulfonamides is 1. The van der Waals surface area contributed by atoms with E-state index in [-0.39, 0.29) is 12.4 Å². The molecule has 1 rings (SSSR count). The van der Waals surface area contributed by atoms with Crippen molar-refractivity contribution in [3.05, 3.63) is 24.3 Å². The maximum atomic E-state index is 11.7. The number of hydrogen-bond acceptors (Lipinski definition) is 4. The van der Waals surface area contributed by atoms with Crippen molar-refractivity contribution in [3.8, 4) is 5.75 Å². The molecule has 0 aliphatic rings. The van der Waals surface area contributed by atoms with Gasteiger partial charge in [0.15, 0.2) is 0 Å². The number of hydrogen-bond donors (Lipinski definition) is 2. The second kappa shape index (κ2) is 8.11. The van der Waals surface area contributed by atoms with Gasteiger partial charge in [-0.05, 0) is 30.9 Å². The van der Waals surface area contributed by atoms with Gasteiger partial charge in [0.2, 0.25) is 10.0 Å². The molecule has 0 saturated carbocycles. The van der Waals surface area contributed by atoms with E-state index < -0.39 is 10.0 Å². The van der Waals surface area contributed by atoms with Gasteiger partial charge in [-0.1, -0.05) is 26.0 Å². The van der Waals surface area contributed by atoms with Gasteiger partial charge in [-0.3, -0.25) is 0 Å². The lowest BCUT2D eigenvalue weighted by Gasteiger charge is -2.10. The molecule has 0 aliphatic heterocycles. The van der Waals surface area contributed by atoms with Crippen molar-refractivity contribution in [2.75, 3.05) is 24.6 Å². The van der Waals surface area contributed by atoms with Gasteiger partial charge < -0.3 is 10.5 Å². The van der Waals surface area contributed by atoms with Gasteiger partial charge in [0.1, 0.15) is 12.4 Å². The molecule has 0 bridgehead atoms. The molecular weight excluding hydrogens is 276 g/mol. The lowest BCUT2D eigenvalue weighted by molar-refractivity contribution is 0.342. The first-order valence-electron chi connectivity index (χ1n) is 6.85. The quantitative estimate of drug-likeness (QED) is 0.540. The molecule has 3 N–H and O–H groups in total. The number of nitrogens with one attached hydrogen (secondary N) is 1. The van der Waals surface area contributed by atoms with E-state index in [0.717, 1.165) is 12.8 Å². The molecule has 0 aromatic heterocycles. The molecule has 0 radical (unpaired) electrons. The normalized spacial score (nSPS) is 11.8. The van der Waals surface area contributed by atoms with Gasteiger partial charge in [0.25, 0.3) is 0 Å². The van der Waals surface area contributed by atoms with Crippen LogP contribution in [0.5, 0.6) is 5.75 Å². The summed E-state index contributed by atoms with van der Waals surface area (Å²) in [6.07, 6.45) is 1.86. The van der Waals surface area contributed by atoms with E-state index >= 15 is 0 Å². The van der Waals surface area contributed by atoms with E-state index in [1.807, 2.05) is 0 Å². The summed E-state index contributed by atoms with van der Waals surface area (Å²) in [6, 6.07) is 7.03. The van der Waals surface area contributed by atoms with Crippen LogP contribution in [0.4, 0.5) is 5.69 Å². The van der Waals surface area contributed by atoms with Crippen molar-refractivity contribution in [1.29, 1.82) is 0 Å². The Bertz CT molecular complexity index is 501. The smallest absolute Gasteiger partial charge is 0.214 e. The van der Waals surface area contributed by atoms with Crippen molar-refractivity contribution in [2.45, 2.75) is 26.7 Å². The fraction of sp³-hybridized carbons (Fsp3) is 0.571. The second-order valence-electron chi connectivity index (χ2n) is 5.14. The predicted octanol–water partition coefficient (Wildman–Crippen LogP) is 2.00. The van der Waals surface area contributed by atoms with E-state index in [4.69, 9.17) is 10.5 Å². The lowest BCUT2D eigenvalue weighted by Crippen LogP contribution is -2.30. The highest BCUT2D eigenvalue weighted by Gasteiger charge is 2.10. The summed E-state index contributed by atoms with van der Waals surface area (Å²) in [5, 5.41) is 0. The average molecular weight is 300 g/mol. The molecule has 0 unspecified atom stereocenters. The number of nitrogens with two attached hydrogens (primary N) is 1. The molecule has 1 aromatic rings. The zero-order chi connectivity index (χ0) is 15.0. The molecule has 0 aliphatic carbocycles. The van der Waals surface area contributed by atoms with Crippen molar-refractivity contribution >= 4 is 15.7 Å². The summed E-state index contributed by atoms with van der Waals surface area (Å²) in [6.45, 7) is 4.81. The minimum Gasteiger partial charge on any atom is -0.490 e. The molecule has 0 atom stereocenters. The zero-order valence-corrected chi connectivity index (χ0v) is 12.9. The van der Waals surface area contributed by atoms with E-state index in [9.17, 15) is 8.42 Å². The van der Waals surface area contributed by atoms with Crippen LogP contribution in [0.2, 0.25) is 0 Å². The molecule has 20 heavy (non-hydrogen) atoms. The van der Waals surface area contributed by atoms with Gasteiger partial charge in [-0.25, -0.2) is 13.1 Å². The highest BCUT2D eigenvalue weighted by atomic mass is 32.2. The van der Waals surface area contributed by atoms with Gasteiger partial charge in [0.05, 0.1) is 11.4 Å². The number of nitrogen functional groups attached to an aromatic ring is 1. The topological polar surface area (TPSA) is 81.4 Å². The molecule has 0 spiro atoms. The highest BCUT2D eigenvalue weighted by Crippen LogP contribution is 2.19. The summed E-state index contributed by atoms with van der Waals surface area (Å²) >= 11 is 0. The number of benzene rings is 1. The molecule has 0 saturated heterocycles. The van der Waals surface area contributed by atoms with E-state index in [1.54, 1.807) is 24.3 Å². The van der Waals surface area contributed by atoms with Gasteiger partial charge in [-0.15, -0.1) is 0 Å². The van der Waals surface area contributed by atoms with Crippen molar-refractivity contribution in [2.24, 2.45) is 5.92 Å². The van der Waals surface area contributed by atoms with Crippen LogP contribution in [-0.4, -0.2) is 27.3 Å². The molecule has 6 heteroatoms. The number of anilines is 1. The fourth-order valence-electron chi connectivity index (χ4n) is 1.68. The Labute approximate surface area is 121 Å². The minimum absolute atomic E-state index is 0.0665. The maximum absolute atomic E-state index is 11.7. The summed E-state index contributed by atoms with van der Waals surface area (Å²) in [5.41, 5.74) is 6.22. The van der Waals surface area contributed by atoms with Gasteiger partial charge >= 0.3 is 0 Å². The SMILES string of the molecule is CC(C)CCCNS(=O)(=O)CCOc1ccccc1N. The summed E-state index contributed by atoms with van der Waals surface area (Å²) < 4.78 is 31.4. The third kappa shape index (κ3) is 6.77. The second-order valence-corrected chi connectivity index (χ2v) is 7.06. The summed E-state index contributed by atoms with van der Waals surface area (Å²) in [5.74, 6) is 1.04. The minimum atomic E-state index is -3.28. The maximum Gasteiger partial charge on any atom is 0.214 e. The standard InChI is InChI=1S/C14H24N2O3S/c1-12(2)6-5-9-16-20(17,18)11-10-19-14-8-4-3-7-13(14)15/h3-4,7-8,12,16H,5-6,9-11,15H2,1-2H3. The van der Waals surface area contributed by atoms with Crippen molar-refractivity contribution < 1.29 is 13.2 Å². The fourth-order valence-corrected chi connectivity index (χ4v) is 2.59. The largest absolute Gasteiger partial charge is 0.490 e. The van der Waals surface area contributed by atoms with Crippen molar-refractivity contribution in [1.82, 2.24) is 4.72 Å². The molecule has 5 nitrogen and oxygen atoms in total. The molecule has 114 valence electrons. The first kappa shape index (κ1) is 16.8. The number of ether oxygens (including phenoxy) is 1. The molecule has 0 heterocycles. The van der Waals surface area contributed by atoms with Crippen LogP contribution in [0.1, 0.15) is 26.7 Å². The number of rotatable bonds is 9. The Hall–Kier alpha value is -1.27. The first-order chi connectivity index (χ1) is 9.41. The molecule has 1 aromatic carbocycles. The van der Waals surface area contributed by atoms with Crippen molar-refractivity contribution in [3.63, 3.8) is 0 Å². The van der Waals surface area contributed by atoms with E-state index in [1.165, 1.54) is 0 Å². The Morgan fingerprint density at radius 2 is 2.00 bits per heavy atom. The van der Waals surface area contributed by atoms with Crippen LogP contribution in [-0.2, 0) is 10.0 Å². The molecule has 0 amide bonds. The van der Waals surface area contributed by atoms with Crippen LogP contribution in [0.3, 0.4) is 0 Å². The van der Waals surface area contributed by atoms with Gasteiger partial charge in [0, 0.05) is 6.54 Å². The highest BCUT2D eigenvalue weighted by molar-refractivity contribution is 7.89. The molecule has 0 fully saturated rings.